The Morgan fingerprint density at radius 1 is 1.47 bits per heavy atom. The Morgan fingerprint density at radius 2 is 2.16 bits per heavy atom. The zero-order valence-corrected chi connectivity index (χ0v) is 13.1. The van der Waals surface area contributed by atoms with E-state index >= 15 is 0 Å². The van der Waals surface area contributed by atoms with E-state index in [0.717, 1.165) is 23.1 Å². The molecule has 0 spiro atoms. The van der Waals surface area contributed by atoms with Gasteiger partial charge < -0.3 is 10.6 Å². The van der Waals surface area contributed by atoms with Crippen LogP contribution in [0, 0.1) is 12.3 Å². The Kier molecular flexibility index (Phi) is 5.44. The molecule has 0 aliphatic carbocycles. The van der Waals surface area contributed by atoms with Gasteiger partial charge in [0.2, 0.25) is 0 Å². The van der Waals surface area contributed by atoms with Gasteiger partial charge in [-0.1, -0.05) is 18.9 Å². The molecule has 0 aliphatic heterocycles. The molecule has 2 N–H and O–H groups in total. The van der Waals surface area contributed by atoms with Crippen LogP contribution in [0.15, 0.2) is 22.7 Å². The highest BCUT2D eigenvalue weighted by molar-refractivity contribution is 9.10. The summed E-state index contributed by atoms with van der Waals surface area (Å²) in [7, 11) is 0. The molecule has 0 aromatic heterocycles. The van der Waals surface area contributed by atoms with E-state index in [1.54, 1.807) is 13.8 Å². The van der Waals surface area contributed by atoms with Gasteiger partial charge in [-0.2, -0.15) is 0 Å². The summed E-state index contributed by atoms with van der Waals surface area (Å²) in [6, 6.07) is 5.62. The van der Waals surface area contributed by atoms with E-state index in [0.29, 0.717) is 5.56 Å². The standard InChI is InChI=1S/C15H19BrN2O/c1-5-10-17-12-9-7-8-11(16)13(12)14(19)18-15(3,4)6-2/h2,7-9,17H,5,10H2,1,3-4H3,(H,18,19). The molecular weight excluding hydrogens is 304 g/mol. The number of terminal acetylenes is 1. The van der Waals surface area contributed by atoms with Crippen molar-refractivity contribution in [2.45, 2.75) is 32.7 Å². The van der Waals surface area contributed by atoms with Crippen LogP contribution in [0.1, 0.15) is 37.6 Å². The van der Waals surface area contributed by atoms with E-state index in [9.17, 15) is 4.79 Å². The monoisotopic (exact) mass is 322 g/mol. The summed E-state index contributed by atoms with van der Waals surface area (Å²) < 4.78 is 0.749. The third kappa shape index (κ3) is 4.29. The van der Waals surface area contributed by atoms with Crippen molar-refractivity contribution in [3.05, 3.63) is 28.2 Å². The summed E-state index contributed by atoms with van der Waals surface area (Å²) >= 11 is 3.42. The van der Waals surface area contributed by atoms with Gasteiger partial charge in [0.15, 0.2) is 0 Å². The van der Waals surface area contributed by atoms with Crippen molar-refractivity contribution >= 4 is 27.5 Å². The van der Waals surface area contributed by atoms with Crippen LogP contribution in [0.2, 0.25) is 0 Å². The lowest BCUT2D eigenvalue weighted by atomic mass is 10.1. The third-order valence-corrected chi connectivity index (χ3v) is 3.25. The number of amides is 1. The molecule has 1 aromatic rings. The minimum Gasteiger partial charge on any atom is -0.384 e. The molecule has 4 heteroatoms. The fourth-order valence-electron chi connectivity index (χ4n) is 1.54. The largest absolute Gasteiger partial charge is 0.384 e. The van der Waals surface area contributed by atoms with Gasteiger partial charge in [-0.25, -0.2) is 0 Å². The maximum absolute atomic E-state index is 12.3. The summed E-state index contributed by atoms with van der Waals surface area (Å²) in [5, 5.41) is 6.08. The van der Waals surface area contributed by atoms with E-state index in [2.05, 4.69) is 39.4 Å². The quantitative estimate of drug-likeness (QED) is 0.815. The first-order valence-corrected chi connectivity index (χ1v) is 7.03. The maximum Gasteiger partial charge on any atom is 0.255 e. The molecule has 0 bridgehead atoms. The van der Waals surface area contributed by atoms with E-state index in [4.69, 9.17) is 6.42 Å². The van der Waals surface area contributed by atoms with Crippen LogP contribution < -0.4 is 10.6 Å². The van der Waals surface area contributed by atoms with E-state index in [-0.39, 0.29) is 5.91 Å². The molecule has 3 nitrogen and oxygen atoms in total. The summed E-state index contributed by atoms with van der Waals surface area (Å²) in [6.07, 6.45) is 6.39. The summed E-state index contributed by atoms with van der Waals surface area (Å²) in [4.78, 5) is 12.3. The number of carbonyl (C=O) groups is 1. The molecule has 0 saturated carbocycles. The normalized spacial score (nSPS) is 10.7. The number of nitrogens with one attached hydrogen (secondary N) is 2. The van der Waals surface area contributed by atoms with Crippen molar-refractivity contribution in [2.24, 2.45) is 0 Å². The van der Waals surface area contributed by atoms with Gasteiger partial charge in [0.25, 0.3) is 5.91 Å². The smallest absolute Gasteiger partial charge is 0.255 e. The highest BCUT2D eigenvalue weighted by Gasteiger charge is 2.21. The molecule has 1 amide bonds. The van der Waals surface area contributed by atoms with E-state index in [1.165, 1.54) is 0 Å². The van der Waals surface area contributed by atoms with Gasteiger partial charge in [-0.15, -0.1) is 6.42 Å². The van der Waals surface area contributed by atoms with Crippen LogP contribution in [0.3, 0.4) is 0 Å². The molecule has 0 heterocycles. The molecule has 0 fully saturated rings. The van der Waals surface area contributed by atoms with Crippen LogP contribution in [0.25, 0.3) is 0 Å². The van der Waals surface area contributed by atoms with Crippen LogP contribution in [-0.2, 0) is 0 Å². The van der Waals surface area contributed by atoms with Gasteiger partial charge in [0.1, 0.15) is 0 Å². The minimum atomic E-state index is -0.672. The second-order valence-electron chi connectivity index (χ2n) is 4.81. The predicted octanol–water partition coefficient (Wildman–Crippen LogP) is 3.41. The van der Waals surface area contributed by atoms with Crippen LogP contribution in [0.4, 0.5) is 5.69 Å². The second-order valence-corrected chi connectivity index (χ2v) is 5.67. The van der Waals surface area contributed by atoms with Gasteiger partial charge in [-0.3, -0.25) is 4.79 Å². The Bertz CT molecular complexity index is 503. The zero-order chi connectivity index (χ0) is 14.5. The first-order valence-electron chi connectivity index (χ1n) is 6.24. The lowest BCUT2D eigenvalue weighted by molar-refractivity contribution is 0.0930. The van der Waals surface area contributed by atoms with Crippen LogP contribution in [-0.4, -0.2) is 18.0 Å². The SMILES string of the molecule is C#CC(C)(C)NC(=O)c1c(Br)cccc1NCCC. The van der Waals surface area contributed by atoms with Crippen LogP contribution in [0.5, 0.6) is 0 Å². The molecule has 0 radical (unpaired) electrons. The molecule has 0 saturated heterocycles. The van der Waals surface area contributed by atoms with Crippen molar-refractivity contribution in [1.29, 1.82) is 0 Å². The predicted molar refractivity (Wildman–Crippen MR) is 83.3 cm³/mol. The fourth-order valence-corrected chi connectivity index (χ4v) is 2.09. The maximum atomic E-state index is 12.3. The topological polar surface area (TPSA) is 41.1 Å². The molecule has 19 heavy (non-hydrogen) atoms. The number of hydrogen-bond donors (Lipinski definition) is 2. The number of carbonyl (C=O) groups excluding carboxylic acids is 1. The summed E-state index contributed by atoms with van der Waals surface area (Å²) in [5.41, 5.74) is 0.717. The number of benzene rings is 1. The Balaban J connectivity index is 3.05. The average molecular weight is 323 g/mol. The minimum absolute atomic E-state index is 0.186. The molecule has 1 aromatic carbocycles. The number of rotatable bonds is 5. The molecule has 0 atom stereocenters. The Hall–Kier alpha value is -1.47. The molecule has 1 rings (SSSR count). The second kappa shape index (κ2) is 6.63. The lowest BCUT2D eigenvalue weighted by Crippen LogP contribution is -2.42. The molecule has 0 aliphatic rings. The van der Waals surface area contributed by atoms with Crippen molar-refractivity contribution in [3.8, 4) is 12.3 Å². The molecule has 102 valence electrons. The Labute approximate surface area is 123 Å². The van der Waals surface area contributed by atoms with Gasteiger partial charge in [0, 0.05) is 16.7 Å². The van der Waals surface area contributed by atoms with Crippen molar-refractivity contribution in [2.75, 3.05) is 11.9 Å². The molecular formula is C15H19BrN2O. The molecule has 0 unspecified atom stereocenters. The Morgan fingerprint density at radius 3 is 2.74 bits per heavy atom. The van der Waals surface area contributed by atoms with Crippen molar-refractivity contribution < 1.29 is 4.79 Å². The van der Waals surface area contributed by atoms with Gasteiger partial charge in [0.05, 0.1) is 11.1 Å². The average Bonchev–Trinajstić information content (AvgIpc) is 2.35. The summed E-state index contributed by atoms with van der Waals surface area (Å²) in [6.45, 7) is 6.48. The highest BCUT2D eigenvalue weighted by Crippen LogP contribution is 2.25. The first kappa shape index (κ1) is 15.6. The number of anilines is 1. The van der Waals surface area contributed by atoms with Gasteiger partial charge in [-0.05, 0) is 48.3 Å². The number of hydrogen-bond acceptors (Lipinski definition) is 2. The third-order valence-electron chi connectivity index (χ3n) is 2.59. The van der Waals surface area contributed by atoms with E-state index in [1.807, 2.05) is 18.2 Å². The number of halogens is 1. The van der Waals surface area contributed by atoms with Crippen molar-refractivity contribution in [3.63, 3.8) is 0 Å². The van der Waals surface area contributed by atoms with Gasteiger partial charge >= 0.3 is 0 Å². The first-order chi connectivity index (χ1) is 8.91. The fraction of sp³-hybridized carbons (Fsp3) is 0.400. The van der Waals surface area contributed by atoms with E-state index < -0.39 is 5.54 Å². The van der Waals surface area contributed by atoms with Crippen molar-refractivity contribution in [1.82, 2.24) is 5.32 Å². The van der Waals surface area contributed by atoms with Crippen LogP contribution >= 0.6 is 15.9 Å². The highest BCUT2D eigenvalue weighted by atomic mass is 79.9. The summed E-state index contributed by atoms with van der Waals surface area (Å²) in [5.74, 6) is 2.37. The zero-order valence-electron chi connectivity index (χ0n) is 11.5. The lowest BCUT2D eigenvalue weighted by Gasteiger charge is -2.21.